The third kappa shape index (κ3) is 3.12. The Balaban J connectivity index is 1.86. The van der Waals surface area contributed by atoms with Crippen molar-refractivity contribution in [2.24, 2.45) is 0 Å². The maximum Gasteiger partial charge on any atom is 0.335 e. The number of benzene rings is 3. The zero-order chi connectivity index (χ0) is 16.2. The van der Waals surface area contributed by atoms with Crippen LogP contribution in [0.5, 0.6) is 0 Å². The Morgan fingerprint density at radius 2 is 1.04 bits per heavy atom. The van der Waals surface area contributed by atoms with Crippen molar-refractivity contribution in [3.8, 4) is 28.3 Å². The fourth-order valence-electron chi connectivity index (χ4n) is 2.40. The van der Waals surface area contributed by atoms with Crippen LogP contribution < -0.4 is 0 Å². The molecule has 1 N–H and O–H groups in total. The van der Waals surface area contributed by atoms with Gasteiger partial charge in [-0.2, -0.15) is 5.26 Å². The molecule has 3 heteroatoms. The number of carboxylic acid groups (broad SMARTS) is 1. The van der Waals surface area contributed by atoms with E-state index in [9.17, 15) is 4.79 Å². The summed E-state index contributed by atoms with van der Waals surface area (Å²) in [5, 5.41) is 17.8. The molecule has 3 aromatic rings. The molecule has 0 saturated carbocycles. The van der Waals surface area contributed by atoms with Crippen molar-refractivity contribution in [1.29, 1.82) is 5.26 Å². The smallest absolute Gasteiger partial charge is 0.335 e. The fourth-order valence-corrected chi connectivity index (χ4v) is 2.40. The summed E-state index contributed by atoms with van der Waals surface area (Å²) in [7, 11) is 0. The second-order valence-corrected chi connectivity index (χ2v) is 5.15. The molecule has 0 radical (unpaired) electrons. The van der Waals surface area contributed by atoms with Crippen molar-refractivity contribution in [2.45, 2.75) is 0 Å². The quantitative estimate of drug-likeness (QED) is 0.769. The molecule has 0 bridgehead atoms. The van der Waals surface area contributed by atoms with Crippen molar-refractivity contribution >= 4 is 5.97 Å². The van der Waals surface area contributed by atoms with Crippen LogP contribution in [-0.2, 0) is 0 Å². The highest BCUT2D eigenvalue weighted by Gasteiger charge is 2.04. The average Bonchev–Trinajstić information content (AvgIpc) is 2.62. The maximum atomic E-state index is 10.9. The van der Waals surface area contributed by atoms with Gasteiger partial charge in [-0.05, 0) is 46.5 Å². The summed E-state index contributed by atoms with van der Waals surface area (Å²) in [5.41, 5.74) is 5.05. The molecule has 0 aliphatic rings. The predicted molar refractivity (Wildman–Crippen MR) is 89.0 cm³/mol. The number of hydrogen-bond acceptors (Lipinski definition) is 2. The van der Waals surface area contributed by atoms with Crippen molar-refractivity contribution in [2.75, 3.05) is 0 Å². The number of carbonyl (C=O) groups is 1. The summed E-state index contributed by atoms with van der Waals surface area (Å²) in [6.07, 6.45) is 0. The molecule has 0 unspecified atom stereocenters. The minimum absolute atomic E-state index is 0.281. The maximum absolute atomic E-state index is 10.9. The van der Waals surface area contributed by atoms with Crippen LogP contribution >= 0.6 is 0 Å². The monoisotopic (exact) mass is 299 g/mol. The molecule has 0 saturated heterocycles. The van der Waals surface area contributed by atoms with Crippen molar-refractivity contribution < 1.29 is 9.90 Å². The molecule has 0 aromatic heterocycles. The van der Waals surface area contributed by atoms with E-state index >= 15 is 0 Å². The summed E-state index contributed by atoms with van der Waals surface area (Å²) in [6, 6.07) is 24.4. The second-order valence-electron chi connectivity index (χ2n) is 5.15. The van der Waals surface area contributed by atoms with Crippen LogP contribution in [0, 0.1) is 11.3 Å². The van der Waals surface area contributed by atoms with Gasteiger partial charge in [0.2, 0.25) is 0 Å². The molecule has 0 fully saturated rings. The van der Waals surface area contributed by atoms with Crippen LogP contribution in [-0.4, -0.2) is 11.1 Å². The number of nitrogens with zero attached hydrogens (tertiary/aromatic N) is 1. The van der Waals surface area contributed by atoms with E-state index in [2.05, 4.69) is 6.07 Å². The number of hydrogen-bond donors (Lipinski definition) is 1. The van der Waals surface area contributed by atoms with E-state index in [1.165, 1.54) is 0 Å². The third-order valence-electron chi connectivity index (χ3n) is 3.70. The number of aromatic carboxylic acids is 1. The van der Waals surface area contributed by atoms with Crippen molar-refractivity contribution in [3.05, 3.63) is 83.9 Å². The molecule has 3 aromatic carbocycles. The summed E-state index contributed by atoms with van der Waals surface area (Å²) < 4.78 is 0. The first-order valence-corrected chi connectivity index (χ1v) is 7.12. The van der Waals surface area contributed by atoms with Crippen LogP contribution in [0.4, 0.5) is 0 Å². The Morgan fingerprint density at radius 1 is 0.696 bits per heavy atom. The fraction of sp³-hybridized carbons (Fsp3) is 0. The molecule has 0 spiro atoms. The first-order valence-electron chi connectivity index (χ1n) is 7.12. The van der Waals surface area contributed by atoms with E-state index in [1.54, 1.807) is 36.4 Å². The lowest BCUT2D eigenvalue weighted by Gasteiger charge is -2.06. The molecule has 0 amide bonds. The Hall–Kier alpha value is -3.38. The van der Waals surface area contributed by atoms with E-state index in [1.807, 2.05) is 36.4 Å². The van der Waals surface area contributed by atoms with Gasteiger partial charge < -0.3 is 5.11 Å². The average molecular weight is 299 g/mol. The molecule has 0 heterocycles. The topological polar surface area (TPSA) is 61.1 Å². The van der Waals surface area contributed by atoms with Crippen molar-refractivity contribution in [1.82, 2.24) is 0 Å². The highest BCUT2D eigenvalue weighted by molar-refractivity contribution is 5.88. The molecule has 0 aliphatic carbocycles. The first-order chi connectivity index (χ1) is 11.2. The van der Waals surface area contributed by atoms with Crippen LogP contribution in [0.15, 0.2) is 72.8 Å². The lowest BCUT2D eigenvalue weighted by molar-refractivity contribution is 0.0697. The first kappa shape index (κ1) is 14.6. The van der Waals surface area contributed by atoms with Crippen LogP contribution in [0.25, 0.3) is 22.3 Å². The standard InChI is InChI=1S/C20H13NO2/c21-13-14-1-3-15(4-2-14)16-5-7-17(8-6-16)18-9-11-19(12-10-18)20(22)23/h1-12H,(H,22,23). The molecular weight excluding hydrogens is 286 g/mol. The van der Waals surface area contributed by atoms with Gasteiger partial charge in [-0.25, -0.2) is 4.79 Å². The summed E-state index contributed by atoms with van der Waals surface area (Å²) in [4.78, 5) is 10.9. The van der Waals surface area contributed by atoms with E-state index in [0.29, 0.717) is 5.56 Å². The Kier molecular flexibility index (Phi) is 3.90. The van der Waals surface area contributed by atoms with Gasteiger partial charge in [-0.15, -0.1) is 0 Å². The zero-order valence-electron chi connectivity index (χ0n) is 12.2. The number of rotatable bonds is 3. The van der Waals surface area contributed by atoms with Crippen LogP contribution in [0.2, 0.25) is 0 Å². The molecular formula is C20H13NO2. The van der Waals surface area contributed by atoms with Gasteiger partial charge >= 0.3 is 5.97 Å². The second kappa shape index (κ2) is 6.17. The summed E-state index contributed by atoms with van der Waals surface area (Å²) in [5.74, 6) is -0.923. The molecule has 3 rings (SSSR count). The minimum Gasteiger partial charge on any atom is -0.478 e. The van der Waals surface area contributed by atoms with Crippen LogP contribution in [0.3, 0.4) is 0 Å². The van der Waals surface area contributed by atoms with E-state index in [0.717, 1.165) is 22.3 Å². The summed E-state index contributed by atoms with van der Waals surface area (Å²) in [6.45, 7) is 0. The van der Waals surface area contributed by atoms with Gasteiger partial charge in [0.05, 0.1) is 17.2 Å². The van der Waals surface area contributed by atoms with Gasteiger partial charge in [-0.1, -0.05) is 48.5 Å². The Bertz CT molecular complexity index is 871. The number of nitriles is 1. The van der Waals surface area contributed by atoms with Gasteiger partial charge in [0.25, 0.3) is 0 Å². The van der Waals surface area contributed by atoms with Gasteiger partial charge in [0.15, 0.2) is 0 Å². The zero-order valence-corrected chi connectivity index (χ0v) is 12.2. The van der Waals surface area contributed by atoms with E-state index < -0.39 is 5.97 Å². The summed E-state index contributed by atoms with van der Waals surface area (Å²) >= 11 is 0. The normalized spacial score (nSPS) is 10.0. The SMILES string of the molecule is N#Cc1ccc(-c2ccc(-c3ccc(C(=O)O)cc3)cc2)cc1. The molecule has 0 aliphatic heterocycles. The molecule has 0 atom stereocenters. The lowest BCUT2D eigenvalue weighted by Crippen LogP contribution is -1.94. The molecule has 3 nitrogen and oxygen atoms in total. The van der Waals surface area contributed by atoms with Gasteiger partial charge in [-0.3, -0.25) is 0 Å². The van der Waals surface area contributed by atoms with Gasteiger partial charge in [0.1, 0.15) is 0 Å². The molecule has 110 valence electrons. The largest absolute Gasteiger partial charge is 0.478 e. The van der Waals surface area contributed by atoms with Crippen molar-refractivity contribution in [3.63, 3.8) is 0 Å². The highest BCUT2D eigenvalue weighted by Crippen LogP contribution is 2.25. The van der Waals surface area contributed by atoms with Crippen LogP contribution in [0.1, 0.15) is 15.9 Å². The Morgan fingerprint density at radius 3 is 1.39 bits per heavy atom. The highest BCUT2D eigenvalue weighted by atomic mass is 16.4. The molecule has 23 heavy (non-hydrogen) atoms. The Labute approximate surface area is 134 Å². The predicted octanol–water partition coefficient (Wildman–Crippen LogP) is 4.59. The number of carboxylic acids is 1. The third-order valence-corrected chi connectivity index (χ3v) is 3.70. The minimum atomic E-state index is -0.923. The lowest BCUT2D eigenvalue weighted by atomic mass is 9.99. The van der Waals surface area contributed by atoms with E-state index in [-0.39, 0.29) is 5.56 Å². The van der Waals surface area contributed by atoms with Gasteiger partial charge in [0, 0.05) is 0 Å². The van der Waals surface area contributed by atoms with E-state index in [4.69, 9.17) is 10.4 Å².